The summed E-state index contributed by atoms with van der Waals surface area (Å²) in [6.07, 6.45) is 6.43. The maximum atomic E-state index is 4.52. The first kappa shape index (κ1) is 15.4. The van der Waals surface area contributed by atoms with E-state index in [2.05, 4.69) is 55.5 Å². The molecular formula is C18H21N5S. The number of hydrogen-bond acceptors (Lipinski definition) is 4. The zero-order chi connectivity index (χ0) is 16.4. The van der Waals surface area contributed by atoms with Crippen LogP contribution < -0.4 is 0 Å². The molecule has 1 aromatic carbocycles. The van der Waals surface area contributed by atoms with E-state index < -0.39 is 0 Å². The Morgan fingerprint density at radius 3 is 2.75 bits per heavy atom. The van der Waals surface area contributed by atoms with Gasteiger partial charge >= 0.3 is 0 Å². The first-order chi connectivity index (χ1) is 11.8. The molecule has 124 valence electrons. The Kier molecular flexibility index (Phi) is 4.38. The number of hydrogen-bond donors (Lipinski definition) is 0. The van der Waals surface area contributed by atoms with Gasteiger partial charge in [-0.3, -0.25) is 0 Å². The fourth-order valence-corrected chi connectivity index (χ4v) is 3.86. The molecule has 1 saturated carbocycles. The van der Waals surface area contributed by atoms with Crippen LogP contribution in [0.5, 0.6) is 0 Å². The maximum absolute atomic E-state index is 4.52. The Bertz CT molecular complexity index is 804. The molecule has 0 amide bonds. The third-order valence-corrected chi connectivity index (χ3v) is 5.29. The number of aromatic nitrogens is 5. The number of imidazole rings is 1. The minimum atomic E-state index is 0.631. The highest BCUT2D eigenvalue weighted by Crippen LogP contribution is 2.40. The van der Waals surface area contributed by atoms with Gasteiger partial charge in [0, 0.05) is 31.4 Å². The topological polar surface area (TPSA) is 48.5 Å². The van der Waals surface area contributed by atoms with Crippen LogP contribution in [-0.2, 0) is 18.8 Å². The molecule has 0 atom stereocenters. The van der Waals surface area contributed by atoms with E-state index in [9.17, 15) is 0 Å². The number of rotatable bonds is 7. The predicted molar refractivity (Wildman–Crippen MR) is 95.0 cm³/mol. The molecule has 5 nitrogen and oxygen atoms in total. The molecular weight excluding hydrogens is 318 g/mol. The van der Waals surface area contributed by atoms with Crippen LogP contribution in [0.4, 0.5) is 0 Å². The molecule has 1 fully saturated rings. The average molecular weight is 339 g/mol. The van der Waals surface area contributed by atoms with E-state index in [1.165, 1.54) is 18.4 Å². The maximum Gasteiger partial charge on any atom is 0.191 e. The number of thioether (sulfide) groups is 1. The van der Waals surface area contributed by atoms with Gasteiger partial charge in [0.15, 0.2) is 5.16 Å². The van der Waals surface area contributed by atoms with Gasteiger partial charge in [0.25, 0.3) is 0 Å². The quantitative estimate of drug-likeness (QED) is 0.616. The summed E-state index contributed by atoms with van der Waals surface area (Å²) in [5.74, 6) is 3.67. The lowest BCUT2D eigenvalue weighted by atomic mass is 10.2. The average Bonchev–Trinajstić information content (AvgIpc) is 3.23. The van der Waals surface area contributed by atoms with Gasteiger partial charge in [0.2, 0.25) is 0 Å². The van der Waals surface area contributed by atoms with Crippen LogP contribution in [0.25, 0.3) is 0 Å². The van der Waals surface area contributed by atoms with Crippen LogP contribution in [0.1, 0.15) is 42.9 Å². The van der Waals surface area contributed by atoms with Gasteiger partial charge in [-0.25, -0.2) is 4.98 Å². The Hall–Kier alpha value is -2.08. The lowest BCUT2D eigenvalue weighted by Gasteiger charge is -2.09. The number of nitrogens with zero attached hydrogens (tertiary/aromatic N) is 5. The molecule has 0 radical (unpaired) electrons. The summed E-state index contributed by atoms with van der Waals surface area (Å²) in [5.41, 5.74) is 1.29. The fraction of sp³-hybridized carbons (Fsp3) is 0.389. The molecule has 3 aromatic rings. The van der Waals surface area contributed by atoms with Crippen molar-refractivity contribution >= 4 is 11.8 Å². The zero-order valence-corrected chi connectivity index (χ0v) is 14.6. The van der Waals surface area contributed by atoms with Crippen LogP contribution >= 0.6 is 11.8 Å². The first-order valence-electron chi connectivity index (χ1n) is 8.45. The summed E-state index contributed by atoms with van der Waals surface area (Å²) < 4.78 is 4.46. The summed E-state index contributed by atoms with van der Waals surface area (Å²) in [5, 5.41) is 9.81. The summed E-state index contributed by atoms with van der Waals surface area (Å²) in [6, 6.07) is 10.5. The Morgan fingerprint density at radius 1 is 1.17 bits per heavy atom. The summed E-state index contributed by atoms with van der Waals surface area (Å²) >= 11 is 1.73. The first-order valence-corrected chi connectivity index (χ1v) is 9.43. The largest absolute Gasteiger partial charge is 0.330 e. The van der Waals surface area contributed by atoms with Gasteiger partial charge in [-0.2, -0.15) is 0 Å². The van der Waals surface area contributed by atoms with Crippen LogP contribution in [0.2, 0.25) is 0 Å². The third-order valence-electron chi connectivity index (χ3n) is 4.33. The van der Waals surface area contributed by atoms with Crippen molar-refractivity contribution in [2.45, 2.75) is 49.7 Å². The van der Waals surface area contributed by atoms with Crippen molar-refractivity contribution in [2.75, 3.05) is 0 Å². The van der Waals surface area contributed by atoms with Crippen LogP contribution in [0.15, 0.2) is 47.9 Å². The van der Waals surface area contributed by atoms with Gasteiger partial charge in [0.1, 0.15) is 11.6 Å². The fourth-order valence-electron chi connectivity index (χ4n) is 2.88. The summed E-state index contributed by atoms with van der Waals surface area (Å²) in [6.45, 7) is 3.94. The molecule has 4 rings (SSSR count). The molecule has 0 bridgehead atoms. The Morgan fingerprint density at radius 2 is 2.00 bits per heavy atom. The van der Waals surface area contributed by atoms with E-state index in [1.807, 2.05) is 18.5 Å². The zero-order valence-electron chi connectivity index (χ0n) is 13.8. The van der Waals surface area contributed by atoms with E-state index >= 15 is 0 Å². The molecule has 6 heteroatoms. The van der Waals surface area contributed by atoms with Gasteiger partial charge in [-0.1, -0.05) is 42.1 Å². The van der Waals surface area contributed by atoms with E-state index in [0.717, 1.165) is 35.6 Å². The molecule has 2 aromatic heterocycles. The molecule has 0 unspecified atom stereocenters. The molecule has 0 spiro atoms. The normalized spacial score (nSPS) is 14.2. The summed E-state index contributed by atoms with van der Waals surface area (Å²) in [7, 11) is 0. The van der Waals surface area contributed by atoms with Crippen molar-refractivity contribution in [3.05, 3.63) is 59.9 Å². The van der Waals surface area contributed by atoms with Gasteiger partial charge in [-0.15, -0.1) is 10.2 Å². The van der Waals surface area contributed by atoms with E-state index in [4.69, 9.17) is 0 Å². The van der Waals surface area contributed by atoms with Crippen molar-refractivity contribution in [2.24, 2.45) is 0 Å². The minimum Gasteiger partial charge on any atom is -0.330 e. The molecule has 0 aliphatic heterocycles. The second kappa shape index (κ2) is 6.81. The summed E-state index contributed by atoms with van der Waals surface area (Å²) in [4.78, 5) is 4.52. The highest BCUT2D eigenvalue weighted by atomic mass is 32.2. The van der Waals surface area contributed by atoms with Gasteiger partial charge < -0.3 is 9.13 Å². The van der Waals surface area contributed by atoms with Crippen LogP contribution in [0, 0.1) is 0 Å². The van der Waals surface area contributed by atoms with Crippen LogP contribution in [0.3, 0.4) is 0 Å². The van der Waals surface area contributed by atoms with Gasteiger partial charge in [-0.05, 0) is 25.3 Å². The van der Waals surface area contributed by atoms with Gasteiger partial charge in [0.05, 0.1) is 5.75 Å². The molecule has 24 heavy (non-hydrogen) atoms. The lowest BCUT2D eigenvalue weighted by Crippen LogP contribution is -2.05. The molecule has 1 aliphatic carbocycles. The smallest absolute Gasteiger partial charge is 0.191 e. The van der Waals surface area contributed by atoms with E-state index in [-0.39, 0.29) is 0 Å². The predicted octanol–water partition coefficient (Wildman–Crippen LogP) is 3.71. The molecule has 2 heterocycles. The minimum absolute atomic E-state index is 0.631. The SMILES string of the molecule is CCn1c(SCc2nccn2Cc2ccccc2)nnc1C1CC1. The van der Waals surface area contributed by atoms with Crippen molar-refractivity contribution in [1.82, 2.24) is 24.3 Å². The Balaban J connectivity index is 1.46. The van der Waals surface area contributed by atoms with Crippen molar-refractivity contribution in [3.63, 3.8) is 0 Å². The highest BCUT2D eigenvalue weighted by molar-refractivity contribution is 7.98. The second-order valence-electron chi connectivity index (χ2n) is 6.10. The monoisotopic (exact) mass is 339 g/mol. The number of benzene rings is 1. The van der Waals surface area contributed by atoms with Crippen molar-refractivity contribution in [1.29, 1.82) is 0 Å². The van der Waals surface area contributed by atoms with Crippen molar-refractivity contribution < 1.29 is 0 Å². The lowest BCUT2D eigenvalue weighted by molar-refractivity contribution is 0.643. The van der Waals surface area contributed by atoms with E-state index in [0.29, 0.717) is 5.92 Å². The van der Waals surface area contributed by atoms with Crippen LogP contribution in [-0.4, -0.2) is 24.3 Å². The molecule has 0 N–H and O–H groups in total. The highest BCUT2D eigenvalue weighted by Gasteiger charge is 2.30. The Labute approximate surface area is 146 Å². The standard InChI is InChI=1S/C18H21N5S/c1-2-23-17(15-8-9-15)20-21-18(23)24-13-16-19-10-11-22(16)12-14-6-4-3-5-7-14/h3-7,10-11,15H,2,8-9,12-13H2,1H3. The molecule has 1 aliphatic rings. The third kappa shape index (κ3) is 3.24. The molecule has 0 saturated heterocycles. The van der Waals surface area contributed by atoms with E-state index in [1.54, 1.807) is 11.8 Å². The second-order valence-corrected chi connectivity index (χ2v) is 7.05. The van der Waals surface area contributed by atoms with Crippen molar-refractivity contribution in [3.8, 4) is 0 Å².